The summed E-state index contributed by atoms with van der Waals surface area (Å²) >= 11 is 1.72. The van der Waals surface area contributed by atoms with E-state index in [1.54, 1.807) is 11.3 Å². The molecule has 7 nitrogen and oxygen atoms in total. The van der Waals surface area contributed by atoms with Crippen molar-refractivity contribution in [1.29, 1.82) is 0 Å². The van der Waals surface area contributed by atoms with Gasteiger partial charge in [0.15, 0.2) is 23.3 Å². The number of para-hydroxylation sites is 2. The van der Waals surface area contributed by atoms with Crippen molar-refractivity contribution in [3.8, 4) is 62.5 Å². The number of furan rings is 1. The predicted molar refractivity (Wildman–Crippen MR) is 257 cm³/mol. The third-order valence-electron chi connectivity index (χ3n) is 11.9. The molecule has 5 heterocycles. The predicted octanol–water partition coefficient (Wildman–Crippen LogP) is 14.4. The third kappa shape index (κ3) is 5.76. The highest BCUT2D eigenvalue weighted by Gasteiger charge is 2.22. The van der Waals surface area contributed by atoms with Gasteiger partial charge in [0.1, 0.15) is 11.2 Å². The van der Waals surface area contributed by atoms with Crippen LogP contribution in [0.15, 0.2) is 199 Å². The molecule has 13 aromatic rings. The van der Waals surface area contributed by atoms with E-state index < -0.39 is 0 Å². The fraction of sp³-hybridized carbons (Fsp3) is 0. The Bertz CT molecular complexity index is 3910. The Labute approximate surface area is 364 Å². The molecule has 0 radical (unpaired) electrons. The van der Waals surface area contributed by atoms with E-state index in [1.807, 2.05) is 72.8 Å². The van der Waals surface area contributed by atoms with Crippen LogP contribution in [0.2, 0.25) is 0 Å². The zero-order chi connectivity index (χ0) is 41.4. The highest BCUT2D eigenvalue weighted by molar-refractivity contribution is 7.26. The van der Waals surface area contributed by atoms with Gasteiger partial charge in [-0.2, -0.15) is 0 Å². The Hall–Kier alpha value is -8.33. The average molecular weight is 825 g/mol. The quantitative estimate of drug-likeness (QED) is 0.166. The van der Waals surface area contributed by atoms with Crippen molar-refractivity contribution < 1.29 is 4.42 Å². The smallest absolute Gasteiger partial charge is 0.164 e. The second-order valence-corrected chi connectivity index (χ2v) is 16.7. The van der Waals surface area contributed by atoms with Crippen LogP contribution in [0.5, 0.6) is 0 Å². The van der Waals surface area contributed by atoms with Crippen LogP contribution in [-0.2, 0) is 0 Å². The lowest BCUT2D eigenvalue weighted by molar-refractivity contribution is 0.669. The summed E-state index contributed by atoms with van der Waals surface area (Å²) in [5.41, 5.74) is 11.2. The molecule has 0 atom stereocenters. The summed E-state index contributed by atoms with van der Waals surface area (Å²) in [7, 11) is 0. The molecule has 0 spiro atoms. The lowest BCUT2D eigenvalue weighted by atomic mass is 10.0. The van der Waals surface area contributed by atoms with Gasteiger partial charge in [0.25, 0.3) is 0 Å². The fourth-order valence-electron chi connectivity index (χ4n) is 8.97. The molecule has 5 aromatic heterocycles. The van der Waals surface area contributed by atoms with E-state index in [0.717, 1.165) is 93.2 Å². The highest BCUT2D eigenvalue weighted by Crippen LogP contribution is 2.43. The maximum atomic E-state index is 6.59. The Balaban J connectivity index is 1.03. The Kier molecular flexibility index (Phi) is 7.94. The van der Waals surface area contributed by atoms with Gasteiger partial charge in [-0.05, 0) is 54.6 Å². The molecule has 0 bridgehead atoms. The number of thiophene rings is 1. The van der Waals surface area contributed by atoms with Gasteiger partial charge in [-0.1, -0.05) is 140 Å². The van der Waals surface area contributed by atoms with Crippen LogP contribution in [-0.4, -0.2) is 29.5 Å². The molecule has 13 rings (SSSR count). The molecular weight excluding hydrogens is 793 g/mol. The second kappa shape index (κ2) is 14.1. The molecule has 0 aliphatic carbocycles. The number of rotatable bonds is 6. The van der Waals surface area contributed by atoms with E-state index in [2.05, 4.69) is 126 Å². The standard InChI is InChI=1S/C55H32N6OS/c1-4-15-33(16-5-1)52-56-49(51-50(57-52)40-22-11-13-26-47(40)63-51)35-28-30-45-42(31-35)48-41(23-14-25-46(48)62-45)55-59-53(34-17-6-2-7-18-34)58-54(60-55)36-27-29-39-38-21-10-12-24-43(38)61(44(39)32-36)37-19-8-3-9-20-37/h1-32H. The molecule has 0 N–H and O–H groups in total. The van der Waals surface area contributed by atoms with Crippen molar-refractivity contribution in [1.82, 2.24) is 29.5 Å². The molecule has 0 aliphatic rings. The Morgan fingerprint density at radius 2 is 1.03 bits per heavy atom. The van der Waals surface area contributed by atoms with Crippen molar-refractivity contribution in [2.24, 2.45) is 0 Å². The lowest BCUT2D eigenvalue weighted by Crippen LogP contribution is -2.01. The van der Waals surface area contributed by atoms with E-state index in [0.29, 0.717) is 23.3 Å². The maximum Gasteiger partial charge on any atom is 0.164 e. The first-order valence-corrected chi connectivity index (χ1v) is 21.6. The minimum atomic E-state index is 0.557. The Morgan fingerprint density at radius 3 is 1.83 bits per heavy atom. The van der Waals surface area contributed by atoms with Gasteiger partial charge < -0.3 is 8.98 Å². The summed E-state index contributed by atoms with van der Waals surface area (Å²) in [6.07, 6.45) is 0. The first-order chi connectivity index (χ1) is 31.2. The molecule has 8 heteroatoms. The number of hydrogen-bond acceptors (Lipinski definition) is 7. The van der Waals surface area contributed by atoms with E-state index in [1.165, 1.54) is 10.1 Å². The van der Waals surface area contributed by atoms with Gasteiger partial charge in [-0.3, -0.25) is 0 Å². The van der Waals surface area contributed by atoms with Gasteiger partial charge in [-0.25, -0.2) is 24.9 Å². The van der Waals surface area contributed by atoms with Crippen LogP contribution < -0.4 is 0 Å². The van der Waals surface area contributed by atoms with Crippen molar-refractivity contribution >= 4 is 75.4 Å². The summed E-state index contributed by atoms with van der Waals surface area (Å²) in [5, 5.41) is 5.34. The number of aromatic nitrogens is 6. The van der Waals surface area contributed by atoms with Crippen LogP contribution >= 0.6 is 11.3 Å². The molecule has 0 saturated heterocycles. The molecule has 0 saturated carbocycles. The normalized spacial score (nSPS) is 11.8. The van der Waals surface area contributed by atoms with Crippen molar-refractivity contribution in [2.45, 2.75) is 0 Å². The van der Waals surface area contributed by atoms with Gasteiger partial charge in [0.05, 0.1) is 26.9 Å². The average Bonchev–Trinajstić information content (AvgIpc) is 4.03. The van der Waals surface area contributed by atoms with E-state index >= 15 is 0 Å². The van der Waals surface area contributed by atoms with E-state index in [4.69, 9.17) is 29.3 Å². The van der Waals surface area contributed by atoms with Gasteiger partial charge in [0.2, 0.25) is 0 Å². The van der Waals surface area contributed by atoms with Gasteiger partial charge in [-0.15, -0.1) is 11.3 Å². The summed E-state index contributed by atoms with van der Waals surface area (Å²) < 4.78 is 11.1. The van der Waals surface area contributed by atoms with Crippen LogP contribution in [0, 0.1) is 0 Å². The first-order valence-electron chi connectivity index (χ1n) is 20.8. The molecule has 0 fully saturated rings. The second-order valence-electron chi connectivity index (χ2n) is 15.6. The monoisotopic (exact) mass is 824 g/mol. The molecule has 63 heavy (non-hydrogen) atoms. The molecule has 0 unspecified atom stereocenters. The Morgan fingerprint density at radius 1 is 0.397 bits per heavy atom. The van der Waals surface area contributed by atoms with Crippen LogP contribution in [0.4, 0.5) is 0 Å². The van der Waals surface area contributed by atoms with Crippen molar-refractivity contribution in [2.75, 3.05) is 0 Å². The zero-order valence-corrected chi connectivity index (χ0v) is 34.3. The van der Waals surface area contributed by atoms with E-state index in [9.17, 15) is 0 Å². The molecular formula is C55H32N6OS. The van der Waals surface area contributed by atoms with Gasteiger partial charge in [0, 0.05) is 65.1 Å². The zero-order valence-electron chi connectivity index (χ0n) is 33.5. The third-order valence-corrected chi connectivity index (χ3v) is 13.0. The molecule has 294 valence electrons. The summed E-state index contributed by atoms with van der Waals surface area (Å²) in [6.45, 7) is 0. The highest BCUT2D eigenvalue weighted by atomic mass is 32.1. The largest absolute Gasteiger partial charge is 0.456 e. The molecule has 0 aliphatic heterocycles. The minimum absolute atomic E-state index is 0.557. The number of benzene rings is 8. The summed E-state index contributed by atoms with van der Waals surface area (Å²) in [5.74, 6) is 2.42. The molecule has 0 amide bonds. The van der Waals surface area contributed by atoms with Crippen LogP contribution in [0.1, 0.15) is 0 Å². The van der Waals surface area contributed by atoms with Crippen LogP contribution in [0.25, 0.3) is 127 Å². The maximum absolute atomic E-state index is 6.59. The lowest BCUT2D eigenvalue weighted by Gasteiger charge is -2.11. The number of nitrogens with zero attached hydrogens (tertiary/aromatic N) is 6. The fourth-order valence-corrected chi connectivity index (χ4v) is 10.1. The van der Waals surface area contributed by atoms with Crippen LogP contribution in [0.3, 0.4) is 0 Å². The number of hydrogen-bond donors (Lipinski definition) is 0. The van der Waals surface area contributed by atoms with Crippen molar-refractivity contribution in [3.63, 3.8) is 0 Å². The van der Waals surface area contributed by atoms with Crippen molar-refractivity contribution in [3.05, 3.63) is 194 Å². The summed E-state index contributed by atoms with van der Waals surface area (Å²) in [6, 6.07) is 66.8. The number of fused-ring (bicyclic) bond motifs is 9. The van der Waals surface area contributed by atoms with E-state index in [-0.39, 0.29) is 0 Å². The minimum Gasteiger partial charge on any atom is -0.456 e. The first kappa shape index (κ1) is 35.4. The summed E-state index contributed by atoms with van der Waals surface area (Å²) in [4.78, 5) is 26.1. The SMILES string of the molecule is c1ccc(-c2nc(-c3ccc4c5ccccc5n(-c5ccccc5)c4c3)nc(-c3cccc4oc5ccc(-c6nc(-c7ccccc7)nc7c6sc6ccccc67)cc5c34)n2)cc1. The topological polar surface area (TPSA) is 82.5 Å². The van der Waals surface area contributed by atoms with Gasteiger partial charge >= 0.3 is 0 Å². The molecule has 8 aromatic carbocycles.